The maximum atomic E-state index is 13.5. The van der Waals surface area contributed by atoms with Crippen LogP contribution in [0.2, 0.25) is 0 Å². The molecular formula is C22H23F2N3O3. The number of benzene rings is 2. The Morgan fingerprint density at radius 1 is 1.03 bits per heavy atom. The number of amides is 2. The monoisotopic (exact) mass is 415 g/mol. The summed E-state index contributed by atoms with van der Waals surface area (Å²) >= 11 is 0. The molecule has 0 aromatic heterocycles. The van der Waals surface area contributed by atoms with Crippen molar-refractivity contribution in [3.63, 3.8) is 0 Å². The minimum Gasteiger partial charge on any atom is -0.497 e. The van der Waals surface area contributed by atoms with E-state index in [9.17, 15) is 18.4 Å². The Kier molecular flexibility index (Phi) is 5.67. The summed E-state index contributed by atoms with van der Waals surface area (Å²) in [5.74, 6) is -1.33. The Labute approximate surface area is 173 Å². The Morgan fingerprint density at radius 2 is 1.77 bits per heavy atom. The number of carbonyl (C=O) groups is 2. The Hall–Kier alpha value is -3.00. The highest BCUT2D eigenvalue weighted by Crippen LogP contribution is 2.21. The molecule has 0 aliphatic carbocycles. The predicted octanol–water partition coefficient (Wildman–Crippen LogP) is 1.73. The van der Waals surface area contributed by atoms with E-state index in [1.54, 1.807) is 12.0 Å². The van der Waals surface area contributed by atoms with Gasteiger partial charge in [-0.15, -0.1) is 0 Å². The Balaban J connectivity index is 1.40. The summed E-state index contributed by atoms with van der Waals surface area (Å²) in [6, 6.07) is 10.0. The predicted molar refractivity (Wildman–Crippen MR) is 106 cm³/mol. The first-order valence-corrected chi connectivity index (χ1v) is 9.84. The molecule has 30 heavy (non-hydrogen) atoms. The van der Waals surface area contributed by atoms with E-state index in [0.29, 0.717) is 38.2 Å². The van der Waals surface area contributed by atoms with Crippen molar-refractivity contribution in [1.82, 2.24) is 15.1 Å². The minimum atomic E-state index is -0.891. The molecule has 0 unspecified atom stereocenters. The molecule has 1 N–H and O–H groups in total. The Morgan fingerprint density at radius 3 is 2.47 bits per heavy atom. The molecule has 2 aliphatic heterocycles. The fraction of sp³-hybridized carbons (Fsp3) is 0.364. The average molecular weight is 415 g/mol. The van der Waals surface area contributed by atoms with Crippen LogP contribution in [0.25, 0.3) is 0 Å². The van der Waals surface area contributed by atoms with Gasteiger partial charge < -0.3 is 15.0 Å². The molecule has 4 rings (SSSR count). The Bertz CT molecular complexity index is 951. The van der Waals surface area contributed by atoms with Crippen molar-refractivity contribution in [2.24, 2.45) is 0 Å². The van der Waals surface area contributed by atoms with Crippen LogP contribution in [0, 0.1) is 11.6 Å². The zero-order valence-corrected chi connectivity index (χ0v) is 16.6. The van der Waals surface area contributed by atoms with Gasteiger partial charge in [-0.2, -0.15) is 0 Å². The third-order valence-corrected chi connectivity index (χ3v) is 5.65. The van der Waals surface area contributed by atoms with E-state index in [4.69, 9.17) is 4.74 Å². The van der Waals surface area contributed by atoms with Gasteiger partial charge in [-0.1, -0.05) is 18.2 Å². The van der Waals surface area contributed by atoms with Gasteiger partial charge in [-0.05, 0) is 35.4 Å². The highest BCUT2D eigenvalue weighted by atomic mass is 19.2. The standard InChI is InChI=1S/C22H23F2N3O3/c1-30-16-5-2-14(3-6-16)11-19-22(29)27-9-8-26(13-20(27)21(28)25-19)12-15-4-7-17(23)18(24)10-15/h2-7,10,19-20H,8-9,11-13H2,1H3,(H,25,28)/t19-,20+/m0/s1. The van der Waals surface area contributed by atoms with Gasteiger partial charge in [0.15, 0.2) is 11.6 Å². The first-order valence-electron chi connectivity index (χ1n) is 9.84. The second-order valence-corrected chi connectivity index (χ2v) is 7.64. The van der Waals surface area contributed by atoms with E-state index in [1.807, 2.05) is 29.2 Å². The first-order chi connectivity index (χ1) is 14.4. The van der Waals surface area contributed by atoms with Crippen molar-refractivity contribution in [2.45, 2.75) is 25.0 Å². The number of fused-ring (bicyclic) bond motifs is 1. The molecule has 2 atom stereocenters. The van der Waals surface area contributed by atoms with Crippen LogP contribution in [0.3, 0.4) is 0 Å². The molecule has 2 aromatic rings. The number of hydrogen-bond acceptors (Lipinski definition) is 4. The summed E-state index contributed by atoms with van der Waals surface area (Å²) in [6.07, 6.45) is 0.413. The van der Waals surface area contributed by atoms with E-state index in [0.717, 1.165) is 17.4 Å². The number of rotatable bonds is 5. The summed E-state index contributed by atoms with van der Waals surface area (Å²) in [7, 11) is 1.59. The van der Waals surface area contributed by atoms with Gasteiger partial charge in [-0.25, -0.2) is 8.78 Å². The van der Waals surface area contributed by atoms with Crippen molar-refractivity contribution >= 4 is 11.8 Å². The van der Waals surface area contributed by atoms with E-state index in [2.05, 4.69) is 5.32 Å². The normalized spacial score (nSPS) is 21.9. The molecule has 6 nitrogen and oxygen atoms in total. The lowest BCUT2D eigenvalue weighted by Crippen LogP contribution is -2.69. The highest BCUT2D eigenvalue weighted by Gasteiger charge is 2.43. The first kappa shape index (κ1) is 20.3. The van der Waals surface area contributed by atoms with E-state index < -0.39 is 23.7 Å². The molecule has 2 heterocycles. The van der Waals surface area contributed by atoms with Gasteiger partial charge in [0.2, 0.25) is 11.8 Å². The number of piperazine rings is 2. The number of hydrogen-bond donors (Lipinski definition) is 1. The van der Waals surface area contributed by atoms with Gasteiger partial charge in [0.05, 0.1) is 7.11 Å². The fourth-order valence-electron chi connectivity index (χ4n) is 4.03. The summed E-state index contributed by atoms with van der Waals surface area (Å²) in [6.45, 7) is 1.72. The van der Waals surface area contributed by atoms with Crippen LogP contribution in [-0.2, 0) is 22.6 Å². The molecule has 2 aromatic carbocycles. The molecular weight excluding hydrogens is 392 g/mol. The lowest BCUT2D eigenvalue weighted by atomic mass is 9.98. The van der Waals surface area contributed by atoms with Crippen LogP contribution >= 0.6 is 0 Å². The average Bonchev–Trinajstić information content (AvgIpc) is 2.75. The van der Waals surface area contributed by atoms with Crippen molar-refractivity contribution in [3.8, 4) is 5.75 Å². The second-order valence-electron chi connectivity index (χ2n) is 7.64. The molecule has 2 amide bonds. The second kappa shape index (κ2) is 8.39. The summed E-state index contributed by atoms with van der Waals surface area (Å²) < 4.78 is 31.7. The van der Waals surface area contributed by atoms with Gasteiger partial charge in [-0.3, -0.25) is 14.5 Å². The van der Waals surface area contributed by atoms with Gasteiger partial charge >= 0.3 is 0 Å². The minimum absolute atomic E-state index is 0.0945. The van der Waals surface area contributed by atoms with Gasteiger partial charge in [0, 0.05) is 32.6 Å². The molecule has 0 bridgehead atoms. The van der Waals surface area contributed by atoms with Crippen LogP contribution in [-0.4, -0.2) is 60.4 Å². The molecule has 2 saturated heterocycles. The summed E-state index contributed by atoms with van der Waals surface area (Å²) in [4.78, 5) is 29.3. The third kappa shape index (κ3) is 4.14. The quantitative estimate of drug-likeness (QED) is 0.808. The van der Waals surface area contributed by atoms with Crippen LogP contribution in [0.5, 0.6) is 5.75 Å². The van der Waals surface area contributed by atoms with Crippen LogP contribution in [0.4, 0.5) is 8.78 Å². The largest absolute Gasteiger partial charge is 0.497 e. The van der Waals surface area contributed by atoms with Crippen LogP contribution in [0.15, 0.2) is 42.5 Å². The van der Waals surface area contributed by atoms with E-state index in [-0.39, 0.29) is 11.8 Å². The molecule has 158 valence electrons. The van der Waals surface area contributed by atoms with Crippen LogP contribution < -0.4 is 10.1 Å². The molecule has 0 radical (unpaired) electrons. The maximum Gasteiger partial charge on any atom is 0.246 e. The topological polar surface area (TPSA) is 61.9 Å². The maximum absolute atomic E-state index is 13.5. The zero-order valence-electron chi connectivity index (χ0n) is 16.6. The molecule has 2 aliphatic rings. The van der Waals surface area contributed by atoms with Crippen molar-refractivity contribution in [3.05, 3.63) is 65.2 Å². The van der Waals surface area contributed by atoms with Gasteiger partial charge in [0.25, 0.3) is 0 Å². The third-order valence-electron chi connectivity index (χ3n) is 5.65. The number of halogens is 2. The van der Waals surface area contributed by atoms with Gasteiger partial charge in [0.1, 0.15) is 17.8 Å². The molecule has 0 saturated carbocycles. The van der Waals surface area contributed by atoms with Crippen molar-refractivity contribution in [2.75, 3.05) is 26.7 Å². The smallest absolute Gasteiger partial charge is 0.246 e. The number of nitrogens with one attached hydrogen (secondary N) is 1. The lowest BCUT2D eigenvalue weighted by molar-refractivity contribution is -0.153. The highest BCUT2D eigenvalue weighted by molar-refractivity contribution is 5.97. The lowest BCUT2D eigenvalue weighted by Gasteiger charge is -2.45. The fourth-order valence-corrected chi connectivity index (χ4v) is 4.03. The molecule has 0 spiro atoms. The SMILES string of the molecule is COc1ccc(C[C@@H]2NC(=O)[C@H]3CN(Cc4ccc(F)c(F)c4)CCN3C2=O)cc1. The number of nitrogens with zero attached hydrogens (tertiary/aromatic N) is 2. The molecule has 8 heteroatoms. The number of ether oxygens (including phenoxy) is 1. The van der Waals surface area contributed by atoms with Crippen molar-refractivity contribution < 1.29 is 23.1 Å². The molecule has 2 fully saturated rings. The van der Waals surface area contributed by atoms with E-state index >= 15 is 0 Å². The number of methoxy groups -OCH3 is 1. The van der Waals surface area contributed by atoms with Crippen LogP contribution in [0.1, 0.15) is 11.1 Å². The summed E-state index contributed by atoms with van der Waals surface area (Å²) in [5, 5.41) is 2.85. The summed E-state index contributed by atoms with van der Waals surface area (Å²) in [5.41, 5.74) is 1.56. The van der Waals surface area contributed by atoms with E-state index in [1.165, 1.54) is 12.1 Å². The number of carbonyl (C=O) groups excluding carboxylic acids is 2. The zero-order chi connectivity index (χ0) is 21.3. The van der Waals surface area contributed by atoms with Crippen molar-refractivity contribution in [1.29, 1.82) is 0 Å².